The minimum atomic E-state index is -0.981. The van der Waals surface area contributed by atoms with E-state index >= 15 is 0 Å². The minimum Gasteiger partial charge on any atom is -0.496 e. The smallest absolute Gasteiger partial charge is 0.123 e. The van der Waals surface area contributed by atoms with Gasteiger partial charge in [0.05, 0.1) is 7.11 Å². The second-order valence-corrected chi connectivity index (χ2v) is 4.06. The van der Waals surface area contributed by atoms with Gasteiger partial charge in [-0.3, -0.25) is 0 Å². The van der Waals surface area contributed by atoms with Gasteiger partial charge in [-0.15, -0.1) is 0 Å². The van der Waals surface area contributed by atoms with E-state index in [9.17, 15) is 4.39 Å². The van der Waals surface area contributed by atoms with Crippen LogP contribution in [0.1, 0.15) is 43.5 Å². The maximum atomic E-state index is 13.5. The Balaban J connectivity index is 3.18. The molecule has 1 rings (SSSR count). The first-order chi connectivity index (χ1) is 7.61. The van der Waals surface area contributed by atoms with Gasteiger partial charge in [0, 0.05) is 5.56 Å². The predicted octanol–water partition coefficient (Wildman–Crippen LogP) is 3.18. The standard InChI is InChI=1S/C13H20FNO/c1-9(7-8-15)13-11(10(2)14)5-4-6-12(13)16-3/h4-6,9-10H,7-8,15H2,1-3H3. The highest BCUT2D eigenvalue weighted by atomic mass is 19.1. The summed E-state index contributed by atoms with van der Waals surface area (Å²) in [6, 6.07) is 5.51. The summed E-state index contributed by atoms with van der Waals surface area (Å²) in [5.74, 6) is 0.970. The van der Waals surface area contributed by atoms with E-state index in [0.717, 1.165) is 17.7 Å². The van der Waals surface area contributed by atoms with Crippen LogP contribution in [0.2, 0.25) is 0 Å². The Morgan fingerprint density at radius 2 is 2.06 bits per heavy atom. The molecule has 0 aromatic heterocycles. The topological polar surface area (TPSA) is 35.2 Å². The van der Waals surface area contributed by atoms with Crippen LogP contribution in [0.25, 0.3) is 0 Å². The fourth-order valence-electron chi connectivity index (χ4n) is 2.01. The molecule has 0 bridgehead atoms. The van der Waals surface area contributed by atoms with E-state index in [1.165, 1.54) is 0 Å². The molecule has 16 heavy (non-hydrogen) atoms. The Labute approximate surface area is 96.6 Å². The van der Waals surface area contributed by atoms with Gasteiger partial charge in [-0.25, -0.2) is 4.39 Å². The highest BCUT2D eigenvalue weighted by Crippen LogP contribution is 2.35. The van der Waals surface area contributed by atoms with E-state index < -0.39 is 6.17 Å². The van der Waals surface area contributed by atoms with Crippen molar-refractivity contribution in [2.45, 2.75) is 32.4 Å². The zero-order valence-corrected chi connectivity index (χ0v) is 10.2. The van der Waals surface area contributed by atoms with Crippen molar-refractivity contribution >= 4 is 0 Å². The second kappa shape index (κ2) is 5.85. The average molecular weight is 225 g/mol. The van der Waals surface area contributed by atoms with E-state index in [4.69, 9.17) is 10.5 Å². The van der Waals surface area contributed by atoms with Crippen LogP contribution in [0, 0.1) is 0 Å². The van der Waals surface area contributed by atoms with E-state index in [-0.39, 0.29) is 5.92 Å². The Kier molecular flexibility index (Phi) is 4.74. The summed E-state index contributed by atoms with van der Waals surface area (Å²) in [6.45, 7) is 4.20. The molecule has 0 aliphatic heterocycles. The number of hydrogen-bond donors (Lipinski definition) is 1. The fourth-order valence-corrected chi connectivity index (χ4v) is 2.01. The largest absolute Gasteiger partial charge is 0.496 e. The van der Waals surface area contributed by atoms with Crippen molar-refractivity contribution in [3.05, 3.63) is 29.3 Å². The lowest BCUT2D eigenvalue weighted by atomic mass is 9.90. The Morgan fingerprint density at radius 1 is 1.38 bits per heavy atom. The number of methoxy groups -OCH3 is 1. The van der Waals surface area contributed by atoms with Crippen LogP contribution in [0.4, 0.5) is 4.39 Å². The molecule has 0 radical (unpaired) electrons. The first kappa shape index (κ1) is 13.0. The maximum absolute atomic E-state index is 13.5. The van der Waals surface area contributed by atoms with Crippen molar-refractivity contribution in [2.75, 3.05) is 13.7 Å². The van der Waals surface area contributed by atoms with Gasteiger partial charge in [0.2, 0.25) is 0 Å². The lowest BCUT2D eigenvalue weighted by Crippen LogP contribution is -2.08. The Hall–Kier alpha value is -1.09. The molecule has 0 aliphatic carbocycles. The maximum Gasteiger partial charge on any atom is 0.123 e. The molecular formula is C13H20FNO. The molecule has 3 heteroatoms. The van der Waals surface area contributed by atoms with E-state index in [1.54, 1.807) is 14.0 Å². The van der Waals surface area contributed by atoms with Crippen LogP contribution < -0.4 is 10.5 Å². The molecule has 0 saturated carbocycles. The van der Waals surface area contributed by atoms with E-state index in [2.05, 4.69) is 6.92 Å². The van der Waals surface area contributed by atoms with Crippen molar-refractivity contribution in [3.63, 3.8) is 0 Å². The molecule has 90 valence electrons. The summed E-state index contributed by atoms with van der Waals surface area (Å²) in [5.41, 5.74) is 7.21. The lowest BCUT2D eigenvalue weighted by Gasteiger charge is -2.20. The number of nitrogens with two attached hydrogens (primary N) is 1. The number of hydrogen-bond acceptors (Lipinski definition) is 2. The van der Waals surface area contributed by atoms with Crippen LogP contribution in [0.15, 0.2) is 18.2 Å². The van der Waals surface area contributed by atoms with Crippen molar-refractivity contribution in [3.8, 4) is 5.75 Å². The third-order valence-electron chi connectivity index (χ3n) is 2.84. The normalized spacial score (nSPS) is 14.6. The molecule has 0 fully saturated rings. The van der Waals surface area contributed by atoms with Gasteiger partial charge in [-0.05, 0) is 37.4 Å². The van der Waals surface area contributed by atoms with Crippen molar-refractivity contribution in [1.29, 1.82) is 0 Å². The monoisotopic (exact) mass is 225 g/mol. The van der Waals surface area contributed by atoms with E-state index in [1.807, 2.05) is 18.2 Å². The summed E-state index contributed by atoms with van der Waals surface area (Å²) in [6.07, 6.45) is -0.148. The SMILES string of the molecule is COc1cccc(C(C)F)c1C(C)CCN. The molecule has 2 N–H and O–H groups in total. The zero-order chi connectivity index (χ0) is 12.1. The first-order valence-corrected chi connectivity index (χ1v) is 5.62. The Bertz CT molecular complexity index is 339. The van der Waals surface area contributed by atoms with Gasteiger partial charge in [0.1, 0.15) is 11.9 Å². The summed E-state index contributed by atoms with van der Waals surface area (Å²) < 4.78 is 18.8. The number of rotatable bonds is 5. The molecule has 0 heterocycles. The highest BCUT2D eigenvalue weighted by Gasteiger charge is 2.18. The molecule has 2 unspecified atom stereocenters. The van der Waals surface area contributed by atoms with Crippen LogP contribution in [-0.2, 0) is 0 Å². The molecule has 2 nitrogen and oxygen atoms in total. The third-order valence-corrected chi connectivity index (χ3v) is 2.84. The average Bonchev–Trinajstić information content (AvgIpc) is 2.28. The van der Waals surface area contributed by atoms with Crippen LogP contribution in [0.5, 0.6) is 5.75 Å². The van der Waals surface area contributed by atoms with Gasteiger partial charge in [-0.1, -0.05) is 19.1 Å². The van der Waals surface area contributed by atoms with Gasteiger partial charge in [0.15, 0.2) is 0 Å². The van der Waals surface area contributed by atoms with Gasteiger partial charge >= 0.3 is 0 Å². The molecule has 2 atom stereocenters. The third kappa shape index (κ3) is 2.73. The number of alkyl halides is 1. The Morgan fingerprint density at radius 3 is 2.56 bits per heavy atom. The molecule has 1 aromatic rings. The van der Waals surface area contributed by atoms with Crippen molar-refractivity contribution < 1.29 is 9.13 Å². The molecule has 0 spiro atoms. The van der Waals surface area contributed by atoms with Crippen LogP contribution in [0.3, 0.4) is 0 Å². The molecule has 0 amide bonds. The fraction of sp³-hybridized carbons (Fsp3) is 0.538. The summed E-state index contributed by atoms with van der Waals surface area (Å²) >= 11 is 0. The van der Waals surface area contributed by atoms with Crippen LogP contribution >= 0.6 is 0 Å². The summed E-state index contributed by atoms with van der Waals surface area (Å²) in [5, 5.41) is 0. The number of halogens is 1. The van der Waals surface area contributed by atoms with Gasteiger partial charge < -0.3 is 10.5 Å². The second-order valence-electron chi connectivity index (χ2n) is 4.06. The number of benzene rings is 1. The van der Waals surface area contributed by atoms with E-state index in [0.29, 0.717) is 12.1 Å². The van der Waals surface area contributed by atoms with Crippen LogP contribution in [-0.4, -0.2) is 13.7 Å². The molecule has 0 aliphatic rings. The van der Waals surface area contributed by atoms with Gasteiger partial charge in [-0.2, -0.15) is 0 Å². The summed E-state index contributed by atoms with van der Waals surface area (Å²) in [7, 11) is 1.61. The van der Waals surface area contributed by atoms with Gasteiger partial charge in [0.25, 0.3) is 0 Å². The highest BCUT2D eigenvalue weighted by molar-refractivity contribution is 5.43. The van der Waals surface area contributed by atoms with Crippen molar-refractivity contribution in [1.82, 2.24) is 0 Å². The summed E-state index contributed by atoms with van der Waals surface area (Å²) in [4.78, 5) is 0. The minimum absolute atomic E-state index is 0.217. The lowest BCUT2D eigenvalue weighted by molar-refractivity contribution is 0.361. The number of ether oxygens (including phenoxy) is 1. The van der Waals surface area contributed by atoms with Crippen molar-refractivity contribution in [2.24, 2.45) is 5.73 Å². The molecular weight excluding hydrogens is 205 g/mol. The first-order valence-electron chi connectivity index (χ1n) is 5.62. The zero-order valence-electron chi connectivity index (χ0n) is 10.2. The quantitative estimate of drug-likeness (QED) is 0.835. The predicted molar refractivity (Wildman–Crippen MR) is 64.6 cm³/mol. The molecule has 1 aromatic carbocycles. The molecule has 0 saturated heterocycles.